The molecule has 0 spiro atoms. The summed E-state index contributed by atoms with van der Waals surface area (Å²) >= 11 is 0. The van der Waals surface area contributed by atoms with Gasteiger partial charge in [-0.25, -0.2) is 0 Å². The first-order valence-corrected chi connectivity index (χ1v) is 6.06. The van der Waals surface area contributed by atoms with Gasteiger partial charge in [-0.3, -0.25) is 0 Å². The fraction of sp³-hybridized carbons (Fsp3) is 0.467. The summed E-state index contributed by atoms with van der Waals surface area (Å²) in [6, 6.07) is 10.8. The van der Waals surface area contributed by atoms with Crippen LogP contribution >= 0.6 is 0 Å². The summed E-state index contributed by atoms with van der Waals surface area (Å²) in [5.41, 5.74) is 3.08. The third kappa shape index (κ3) is 3.23. The monoisotopic (exact) mass is 200 g/mol. The first-order valence-electron chi connectivity index (χ1n) is 6.06. The molecule has 0 fully saturated rings. The van der Waals surface area contributed by atoms with E-state index >= 15 is 0 Å². The van der Waals surface area contributed by atoms with E-state index in [4.69, 9.17) is 0 Å². The molecule has 0 radical (unpaired) electrons. The lowest BCUT2D eigenvalue weighted by atomic mass is 9.87. The van der Waals surface area contributed by atoms with Crippen molar-refractivity contribution in [2.24, 2.45) is 5.92 Å². The maximum absolute atomic E-state index is 2.49. The molecule has 1 aromatic carbocycles. The topological polar surface area (TPSA) is 0 Å². The predicted octanol–water partition coefficient (Wildman–Crippen LogP) is 4.37. The van der Waals surface area contributed by atoms with Gasteiger partial charge in [0.05, 0.1) is 0 Å². The second kappa shape index (κ2) is 5.16. The van der Waals surface area contributed by atoms with Crippen molar-refractivity contribution in [3.8, 4) is 0 Å². The second-order valence-electron chi connectivity index (χ2n) is 4.69. The fourth-order valence-electron chi connectivity index (χ4n) is 2.44. The zero-order chi connectivity index (χ0) is 10.5. The van der Waals surface area contributed by atoms with Crippen molar-refractivity contribution in [1.82, 2.24) is 0 Å². The number of allylic oxidation sites excluding steroid dienone is 2. The number of benzene rings is 1. The van der Waals surface area contributed by atoms with Gasteiger partial charge in [0.15, 0.2) is 0 Å². The van der Waals surface area contributed by atoms with Crippen molar-refractivity contribution in [3.63, 3.8) is 0 Å². The largest absolute Gasteiger partial charge is 0.0825 e. The molecule has 0 heterocycles. The van der Waals surface area contributed by atoms with Gasteiger partial charge in [-0.2, -0.15) is 0 Å². The minimum absolute atomic E-state index is 0.832. The third-order valence-electron chi connectivity index (χ3n) is 3.31. The summed E-state index contributed by atoms with van der Waals surface area (Å²) in [6.45, 7) is 2.27. The number of aryl methyl sites for hydroxylation is 1. The Morgan fingerprint density at radius 2 is 2.00 bits per heavy atom. The molecule has 1 unspecified atom stereocenters. The highest BCUT2D eigenvalue weighted by Crippen LogP contribution is 2.25. The molecule has 1 aromatic rings. The normalized spacial score (nSPS) is 21.1. The molecule has 0 nitrogen and oxygen atoms in total. The molecule has 0 heteroatoms. The van der Waals surface area contributed by atoms with Crippen LogP contribution in [0.5, 0.6) is 0 Å². The Morgan fingerprint density at radius 1 is 1.20 bits per heavy atom. The van der Waals surface area contributed by atoms with Gasteiger partial charge in [-0.15, -0.1) is 0 Å². The smallest absolute Gasteiger partial charge is 0.0228 e. The van der Waals surface area contributed by atoms with Crippen LogP contribution in [0.2, 0.25) is 0 Å². The molecule has 80 valence electrons. The van der Waals surface area contributed by atoms with Gasteiger partial charge in [-0.05, 0) is 50.5 Å². The van der Waals surface area contributed by atoms with Gasteiger partial charge in [0.25, 0.3) is 0 Å². The quantitative estimate of drug-likeness (QED) is 0.636. The Bertz CT molecular complexity index is 321. The molecular formula is C15H20. The van der Waals surface area contributed by atoms with E-state index in [0.717, 1.165) is 5.92 Å². The molecule has 0 saturated carbocycles. The molecule has 1 aliphatic rings. The molecule has 2 rings (SSSR count). The van der Waals surface area contributed by atoms with Crippen molar-refractivity contribution in [3.05, 3.63) is 47.5 Å². The lowest BCUT2D eigenvalue weighted by Crippen LogP contribution is -2.04. The Kier molecular flexibility index (Phi) is 3.60. The van der Waals surface area contributed by atoms with E-state index in [1.54, 1.807) is 5.57 Å². The molecule has 15 heavy (non-hydrogen) atoms. The van der Waals surface area contributed by atoms with Crippen LogP contribution < -0.4 is 0 Å². The first-order chi connectivity index (χ1) is 7.34. The summed E-state index contributed by atoms with van der Waals surface area (Å²) < 4.78 is 0. The summed E-state index contributed by atoms with van der Waals surface area (Å²) in [5, 5.41) is 0. The SMILES string of the molecule is CC1=CC(CCc2ccccc2)CCC1. The first kappa shape index (κ1) is 10.5. The van der Waals surface area contributed by atoms with Crippen LogP contribution in [-0.4, -0.2) is 0 Å². The van der Waals surface area contributed by atoms with Crippen LogP contribution in [0.3, 0.4) is 0 Å². The van der Waals surface area contributed by atoms with Crippen molar-refractivity contribution in [2.75, 3.05) is 0 Å². The van der Waals surface area contributed by atoms with Crippen LogP contribution in [0.4, 0.5) is 0 Å². The van der Waals surface area contributed by atoms with Crippen LogP contribution in [-0.2, 0) is 6.42 Å². The summed E-state index contributed by atoms with van der Waals surface area (Å²) in [7, 11) is 0. The van der Waals surface area contributed by atoms with Gasteiger partial charge in [-0.1, -0.05) is 42.0 Å². The fourth-order valence-corrected chi connectivity index (χ4v) is 2.44. The van der Waals surface area contributed by atoms with E-state index in [0.29, 0.717) is 0 Å². The Balaban J connectivity index is 1.86. The van der Waals surface area contributed by atoms with Gasteiger partial charge >= 0.3 is 0 Å². The Hall–Kier alpha value is -1.04. The van der Waals surface area contributed by atoms with E-state index in [-0.39, 0.29) is 0 Å². The molecule has 0 saturated heterocycles. The molecule has 0 aliphatic heterocycles. The average molecular weight is 200 g/mol. The highest BCUT2D eigenvalue weighted by molar-refractivity contribution is 5.15. The van der Waals surface area contributed by atoms with E-state index in [1.807, 2.05) is 0 Å². The number of hydrogen-bond acceptors (Lipinski definition) is 0. The van der Waals surface area contributed by atoms with Crippen molar-refractivity contribution < 1.29 is 0 Å². The number of hydrogen-bond donors (Lipinski definition) is 0. The third-order valence-corrected chi connectivity index (χ3v) is 3.31. The number of rotatable bonds is 3. The molecular weight excluding hydrogens is 180 g/mol. The maximum Gasteiger partial charge on any atom is -0.0228 e. The Morgan fingerprint density at radius 3 is 2.73 bits per heavy atom. The maximum atomic E-state index is 2.49. The summed E-state index contributed by atoms with van der Waals surface area (Å²) in [4.78, 5) is 0. The molecule has 0 amide bonds. The van der Waals surface area contributed by atoms with Crippen LogP contribution in [0.15, 0.2) is 42.0 Å². The lowest BCUT2D eigenvalue weighted by Gasteiger charge is -2.19. The van der Waals surface area contributed by atoms with Crippen molar-refractivity contribution in [1.29, 1.82) is 0 Å². The van der Waals surface area contributed by atoms with E-state index in [1.165, 1.54) is 37.7 Å². The highest BCUT2D eigenvalue weighted by Gasteiger charge is 2.10. The van der Waals surface area contributed by atoms with Crippen LogP contribution in [0, 0.1) is 5.92 Å². The molecule has 0 bridgehead atoms. The highest BCUT2D eigenvalue weighted by atomic mass is 14.2. The van der Waals surface area contributed by atoms with Gasteiger partial charge in [0, 0.05) is 0 Å². The minimum atomic E-state index is 0.832. The lowest BCUT2D eigenvalue weighted by molar-refractivity contribution is 0.495. The zero-order valence-corrected chi connectivity index (χ0v) is 9.58. The van der Waals surface area contributed by atoms with Crippen LogP contribution in [0.1, 0.15) is 38.2 Å². The summed E-state index contributed by atoms with van der Waals surface area (Å²) in [5.74, 6) is 0.832. The zero-order valence-electron chi connectivity index (χ0n) is 9.58. The Labute approximate surface area is 93.0 Å². The predicted molar refractivity (Wildman–Crippen MR) is 65.9 cm³/mol. The second-order valence-corrected chi connectivity index (χ2v) is 4.69. The van der Waals surface area contributed by atoms with Gasteiger partial charge in [0.1, 0.15) is 0 Å². The average Bonchev–Trinajstić information content (AvgIpc) is 2.28. The van der Waals surface area contributed by atoms with Gasteiger partial charge in [0.2, 0.25) is 0 Å². The van der Waals surface area contributed by atoms with Gasteiger partial charge < -0.3 is 0 Å². The minimum Gasteiger partial charge on any atom is -0.0825 e. The van der Waals surface area contributed by atoms with Crippen molar-refractivity contribution >= 4 is 0 Å². The molecule has 0 aromatic heterocycles. The van der Waals surface area contributed by atoms with E-state index in [9.17, 15) is 0 Å². The standard InChI is InChI=1S/C15H20/c1-13-6-5-9-15(12-13)11-10-14-7-3-2-4-8-14/h2-4,7-8,12,15H,5-6,9-11H2,1H3. The summed E-state index contributed by atoms with van der Waals surface area (Å²) in [6.07, 6.45) is 9.15. The molecule has 1 aliphatic carbocycles. The molecule has 1 atom stereocenters. The van der Waals surface area contributed by atoms with E-state index < -0.39 is 0 Å². The van der Waals surface area contributed by atoms with Crippen molar-refractivity contribution in [2.45, 2.75) is 39.0 Å². The van der Waals surface area contributed by atoms with E-state index in [2.05, 4.69) is 43.3 Å². The molecule has 0 N–H and O–H groups in total. The van der Waals surface area contributed by atoms with Crippen LogP contribution in [0.25, 0.3) is 0 Å².